The van der Waals surface area contributed by atoms with E-state index in [1.807, 2.05) is 5.32 Å². The second-order valence-electron chi connectivity index (χ2n) is 2.55. The number of hydrogen-bond donors (Lipinski definition) is 1. The van der Waals surface area contributed by atoms with Crippen LogP contribution in [0.25, 0.3) is 0 Å². The number of amides is 1. The molecular weight excluding hydrogens is 168 g/mol. The van der Waals surface area contributed by atoms with E-state index in [2.05, 4.69) is 0 Å². The number of halogens is 2. The summed E-state index contributed by atoms with van der Waals surface area (Å²) in [7, 11) is 0. The van der Waals surface area contributed by atoms with Crippen molar-refractivity contribution in [1.82, 2.24) is 5.32 Å². The normalized spacial score (nSPS) is 10.8. The van der Waals surface area contributed by atoms with Gasteiger partial charge in [0.1, 0.15) is 6.61 Å². The number of rotatable bonds is 5. The molecule has 0 aromatic heterocycles. The van der Waals surface area contributed by atoms with E-state index in [0.29, 0.717) is 0 Å². The summed E-state index contributed by atoms with van der Waals surface area (Å²) in [5.41, 5.74) is 0. The zero-order valence-corrected chi connectivity index (χ0v) is 7.14. The van der Waals surface area contributed by atoms with Gasteiger partial charge in [0.15, 0.2) is 0 Å². The molecule has 72 valence electrons. The van der Waals surface area contributed by atoms with Gasteiger partial charge in [-0.05, 0) is 13.8 Å². The Balaban J connectivity index is 3.34. The molecule has 0 rings (SSSR count). The highest BCUT2D eigenvalue weighted by molar-refractivity contribution is 5.77. The third-order valence-corrected chi connectivity index (χ3v) is 1.00. The van der Waals surface area contributed by atoms with E-state index in [0.717, 1.165) is 0 Å². The fourth-order valence-corrected chi connectivity index (χ4v) is 0.484. The van der Waals surface area contributed by atoms with E-state index >= 15 is 0 Å². The predicted molar refractivity (Wildman–Crippen MR) is 40.1 cm³/mol. The van der Waals surface area contributed by atoms with Crippen LogP contribution >= 0.6 is 0 Å². The first kappa shape index (κ1) is 11.3. The lowest BCUT2D eigenvalue weighted by atomic mass is 10.5. The molecule has 0 aliphatic rings. The molecule has 0 fully saturated rings. The molecule has 0 aliphatic carbocycles. The first-order valence-electron chi connectivity index (χ1n) is 3.68. The van der Waals surface area contributed by atoms with Crippen molar-refractivity contribution in [2.45, 2.75) is 26.4 Å². The summed E-state index contributed by atoms with van der Waals surface area (Å²) in [6, 6.07) is 0. The van der Waals surface area contributed by atoms with E-state index < -0.39 is 18.9 Å². The number of carbonyl (C=O) groups is 1. The van der Waals surface area contributed by atoms with Crippen LogP contribution < -0.4 is 5.32 Å². The predicted octanol–water partition coefficient (Wildman–Crippen LogP) is 0.793. The van der Waals surface area contributed by atoms with Gasteiger partial charge in [-0.15, -0.1) is 0 Å². The fourth-order valence-electron chi connectivity index (χ4n) is 0.484. The molecule has 0 bridgehead atoms. The molecule has 1 amide bonds. The van der Waals surface area contributed by atoms with Crippen LogP contribution in [-0.4, -0.2) is 31.6 Å². The molecule has 0 spiro atoms. The minimum absolute atomic E-state index is 0.0673. The Labute approximate surface area is 70.1 Å². The topological polar surface area (TPSA) is 38.3 Å². The lowest BCUT2D eigenvalue weighted by molar-refractivity contribution is -0.127. The summed E-state index contributed by atoms with van der Waals surface area (Å²) >= 11 is 0. The standard InChI is InChI=1S/C7H13F2NO2/c1-5(2)12-4-7(11)10-3-6(8)9/h5-6H,3-4H2,1-2H3,(H,10,11). The summed E-state index contributed by atoms with van der Waals surface area (Å²) in [6.45, 7) is 2.76. The maximum atomic E-state index is 11.5. The monoisotopic (exact) mass is 181 g/mol. The van der Waals surface area contributed by atoms with Crippen molar-refractivity contribution in [3.8, 4) is 0 Å². The van der Waals surface area contributed by atoms with Gasteiger partial charge in [0.2, 0.25) is 5.91 Å². The van der Waals surface area contributed by atoms with Gasteiger partial charge in [0.25, 0.3) is 6.43 Å². The molecule has 0 saturated heterocycles. The van der Waals surface area contributed by atoms with Crippen LogP contribution in [0.3, 0.4) is 0 Å². The minimum Gasteiger partial charge on any atom is -0.369 e. The fraction of sp³-hybridized carbons (Fsp3) is 0.857. The maximum Gasteiger partial charge on any atom is 0.255 e. The third kappa shape index (κ3) is 7.40. The van der Waals surface area contributed by atoms with Gasteiger partial charge in [0.05, 0.1) is 12.6 Å². The first-order valence-corrected chi connectivity index (χ1v) is 3.68. The Bertz CT molecular complexity index is 125. The zero-order valence-electron chi connectivity index (χ0n) is 7.14. The van der Waals surface area contributed by atoms with Crippen LogP contribution in [0.1, 0.15) is 13.8 Å². The van der Waals surface area contributed by atoms with E-state index in [-0.39, 0.29) is 12.7 Å². The minimum atomic E-state index is -2.51. The summed E-state index contributed by atoms with van der Waals surface area (Å²) in [4.78, 5) is 10.7. The lowest BCUT2D eigenvalue weighted by Crippen LogP contribution is -2.32. The van der Waals surface area contributed by atoms with Gasteiger partial charge in [-0.1, -0.05) is 0 Å². The number of carbonyl (C=O) groups excluding carboxylic acids is 1. The van der Waals surface area contributed by atoms with Crippen molar-refractivity contribution in [2.24, 2.45) is 0 Å². The second kappa shape index (κ2) is 5.88. The smallest absolute Gasteiger partial charge is 0.255 e. The Morgan fingerprint density at radius 1 is 1.50 bits per heavy atom. The van der Waals surface area contributed by atoms with Crippen LogP contribution in [0.5, 0.6) is 0 Å². The third-order valence-electron chi connectivity index (χ3n) is 1.00. The summed E-state index contributed by atoms with van der Waals surface area (Å²) < 4.78 is 28.0. The highest BCUT2D eigenvalue weighted by Gasteiger charge is 2.06. The van der Waals surface area contributed by atoms with E-state index in [1.165, 1.54) is 0 Å². The Morgan fingerprint density at radius 3 is 2.50 bits per heavy atom. The van der Waals surface area contributed by atoms with Crippen molar-refractivity contribution >= 4 is 5.91 Å². The van der Waals surface area contributed by atoms with Crippen molar-refractivity contribution in [1.29, 1.82) is 0 Å². The van der Waals surface area contributed by atoms with Crippen molar-refractivity contribution in [3.05, 3.63) is 0 Å². The average molecular weight is 181 g/mol. The molecular formula is C7H13F2NO2. The van der Waals surface area contributed by atoms with Gasteiger partial charge < -0.3 is 10.1 Å². The molecule has 0 radical (unpaired) electrons. The van der Waals surface area contributed by atoms with E-state index in [4.69, 9.17) is 4.74 Å². The molecule has 0 aliphatic heterocycles. The molecule has 0 aromatic carbocycles. The number of hydrogen-bond acceptors (Lipinski definition) is 2. The van der Waals surface area contributed by atoms with Crippen LogP contribution in [0.2, 0.25) is 0 Å². The van der Waals surface area contributed by atoms with Crippen LogP contribution in [0, 0.1) is 0 Å². The molecule has 3 nitrogen and oxygen atoms in total. The van der Waals surface area contributed by atoms with Crippen molar-refractivity contribution in [3.63, 3.8) is 0 Å². The maximum absolute atomic E-state index is 11.5. The van der Waals surface area contributed by atoms with Gasteiger partial charge in [-0.25, -0.2) is 8.78 Å². The Morgan fingerprint density at radius 2 is 2.08 bits per heavy atom. The SMILES string of the molecule is CC(C)OCC(=O)NCC(F)F. The summed E-state index contributed by atoms with van der Waals surface area (Å²) in [6.07, 6.45) is -2.57. The molecule has 0 heterocycles. The molecule has 5 heteroatoms. The number of alkyl halides is 2. The van der Waals surface area contributed by atoms with Gasteiger partial charge in [-0.2, -0.15) is 0 Å². The van der Waals surface area contributed by atoms with Gasteiger partial charge in [-0.3, -0.25) is 4.79 Å². The zero-order chi connectivity index (χ0) is 9.56. The van der Waals surface area contributed by atoms with Crippen LogP contribution in [-0.2, 0) is 9.53 Å². The van der Waals surface area contributed by atoms with Crippen molar-refractivity contribution in [2.75, 3.05) is 13.2 Å². The number of nitrogens with one attached hydrogen (secondary N) is 1. The molecule has 0 saturated carbocycles. The Kier molecular flexibility index (Phi) is 5.53. The van der Waals surface area contributed by atoms with Gasteiger partial charge in [0, 0.05) is 0 Å². The van der Waals surface area contributed by atoms with Crippen molar-refractivity contribution < 1.29 is 18.3 Å². The lowest BCUT2D eigenvalue weighted by Gasteiger charge is -2.07. The van der Waals surface area contributed by atoms with E-state index in [9.17, 15) is 13.6 Å². The number of ether oxygens (including phenoxy) is 1. The molecule has 0 unspecified atom stereocenters. The molecule has 1 N–H and O–H groups in total. The highest BCUT2D eigenvalue weighted by atomic mass is 19.3. The highest BCUT2D eigenvalue weighted by Crippen LogP contribution is 1.89. The first-order chi connectivity index (χ1) is 5.52. The summed E-state index contributed by atoms with van der Waals surface area (Å²) in [5, 5.41) is 2.02. The van der Waals surface area contributed by atoms with Crippen LogP contribution in [0.15, 0.2) is 0 Å². The van der Waals surface area contributed by atoms with Crippen LogP contribution in [0.4, 0.5) is 8.78 Å². The average Bonchev–Trinajstić information content (AvgIpc) is 1.96. The summed E-state index contributed by atoms with van der Waals surface area (Å²) in [5.74, 6) is -0.510. The largest absolute Gasteiger partial charge is 0.369 e. The molecule has 0 aromatic rings. The van der Waals surface area contributed by atoms with Gasteiger partial charge >= 0.3 is 0 Å². The second-order valence-corrected chi connectivity index (χ2v) is 2.55. The Hall–Kier alpha value is -0.710. The molecule has 12 heavy (non-hydrogen) atoms. The molecule has 0 atom stereocenters. The quantitative estimate of drug-likeness (QED) is 0.681. The van der Waals surface area contributed by atoms with E-state index in [1.54, 1.807) is 13.8 Å².